The van der Waals surface area contributed by atoms with Gasteiger partial charge in [0.2, 0.25) is 0 Å². The summed E-state index contributed by atoms with van der Waals surface area (Å²) in [5.41, 5.74) is 0.146. The quantitative estimate of drug-likeness (QED) is 0.847. The summed E-state index contributed by atoms with van der Waals surface area (Å²) in [5.74, 6) is -0.205. The fourth-order valence-electron chi connectivity index (χ4n) is 1.90. The number of carboxylic acid groups (broad SMARTS) is 1. The van der Waals surface area contributed by atoms with Gasteiger partial charge in [-0.25, -0.2) is 4.68 Å². The van der Waals surface area contributed by atoms with Crippen LogP contribution in [0.5, 0.6) is 0 Å². The molecule has 0 radical (unpaired) electrons. The molecule has 0 bridgehead atoms. The highest BCUT2D eigenvalue weighted by Gasteiger charge is 2.51. The van der Waals surface area contributed by atoms with Crippen molar-refractivity contribution >= 4 is 5.97 Å². The first-order valence-corrected chi connectivity index (χ1v) is 5.61. The first-order valence-electron chi connectivity index (χ1n) is 5.61. The molecule has 0 unspecified atom stereocenters. The molecule has 0 spiro atoms. The topological polar surface area (TPSA) is 93.8 Å². The lowest BCUT2D eigenvalue weighted by atomic mass is 10.1. The second-order valence-electron chi connectivity index (χ2n) is 4.48. The Hall–Kier alpha value is -2.31. The van der Waals surface area contributed by atoms with Crippen LogP contribution in [0, 0.1) is 5.41 Å². The molecule has 0 amide bonds. The zero-order valence-electron chi connectivity index (χ0n) is 9.52. The van der Waals surface area contributed by atoms with E-state index in [0.717, 1.165) is 5.56 Å². The van der Waals surface area contributed by atoms with Gasteiger partial charge >= 0.3 is 5.97 Å². The fraction of sp³-hybridized carbons (Fsp3) is 0.364. The molecule has 3 rings (SSSR count). The van der Waals surface area contributed by atoms with Crippen LogP contribution in [0.2, 0.25) is 0 Å². The largest absolute Gasteiger partial charge is 0.481 e. The zero-order chi connectivity index (χ0) is 12.6. The molecular formula is C11H11N5O2. The van der Waals surface area contributed by atoms with Crippen molar-refractivity contribution in [1.29, 1.82) is 0 Å². The summed E-state index contributed by atoms with van der Waals surface area (Å²) in [6.07, 6.45) is 4.66. The normalized spacial score (nSPS) is 16.4. The zero-order valence-corrected chi connectivity index (χ0v) is 9.52. The van der Waals surface area contributed by atoms with Crippen LogP contribution in [0.1, 0.15) is 12.8 Å². The fourth-order valence-corrected chi connectivity index (χ4v) is 1.90. The monoisotopic (exact) mass is 245 g/mol. The third kappa shape index (κ3) is 1.73. The predicted octanol–water partition coefficient (Wildman–Crippen LogP) is 0.600. The average Bonchev–Trinajstić information content (AvgIpc) is 3.02. The van der Waals surface area contributed by atoms with Crippen LogP contribution < -0.4 is 0 Å². The number of rotatable bonds is 4. The van der Waals surface area contributed by atoms with Crippen LogP contribution in [0.4, 0.5) is 0 Å². The molecule has 1 N–H and O–H groups in total. The highest BCUT2D eigenvalue weighted by molar-refractivity contribution is 5.77. The van der Waals surface area contributed by atoms with E-state index in [0.29, 0.717) is 25.2 Å². The number of carboxylic acids is 1. The van der Waals surface area contributed by atoms with Crippen molar-refractivity contribution in [3.8, 4) is 11.4 Å². The number of carbonyl (C=O) groups is 1. The summed E-state index contributed by atoms with van der Waals surface area (Å²) in [6, 6.07) is 3.59. The molecule has 0 atom stereocenters. The van der Waals surface area contributed by atoms with Crippen molar-refractivity contribution in [3.05, 3.63) is 24.5 Å². The number of pyridine rings is 1. The van der Waals surface area contributed by atoms with Crippen LogP contribution in [0.15, 0.2) is 24.5 Å². The Kier molecular flexibility index (Phi) is 2.32. The van der Waals surface area contributed by atoms with Crippen LogP contribution in [0.25, 0.3) is 11.4 Å². The van der Waals surface area contributed by atoms with Crippen molar-refractivity contribution in [2.75, 3.05) is 0 Å². The molecule has 7 nitrogen and oxygen atoms in total. The molecule has 2 aromatic heterocycles. The SMILES string of the molecule is O=C(O)C1(Cn2nnnc2-c2ccncc2)CC1. The van der Waals surface area contributed by atoms with Crippen molar-refractivity contribution in [2.24, 2.45) is 5.41 Å². The Labute approximate surface area is 102 Å². The number of aromatic nitrogens is 5. The van der Waals surface area contributed by atoms with Gasteiger partial charge in [-0.2, -0.15) is 0 Å². The Morgan fingerprint density at radius 2 is 2.11 bits per heavy atom. The number of aliphatic carboxylic acids is 1. The van der Waals surface area contributed by atoms with Gasteiger partial charge in [-0.15, -0.1) is 5.10 Å². The first-order chi connectivity index (χ1) is 8.71. The second kappa shape index (κ2) is 3.86. The van der Waals surface area contributed by atoms with E-state index in [2.05, 4.69) is 20.5 Å². The van der Waals surface area contributed by atoms with Gasteiger partial charge < -0.3 is 5.11 Å². The van der Waals surface area contributed by atoms with E-state index >= 15 is 0 Å². The van der Waals surface area contributed by atoms with Crippen molar-refractivity contribution in [3.63, 3.8) is 0 Å². The van der Waals surface area contributed by atoms with Gasteiger partial charge in [0, 0.05) is 18.0 Å². The second-order valence-corrected chi connectivity index (χ2v) is 4.48. The highest BCUT2D eigenvalue weighted by atomic mass is 16.4. The summed E-state index contributed by atoms with van der Waals surface area (Å²) in [5, 5.41) is 20.6. The molecule has 1 aliphatic rings. The number of tetrazole rings is 1. The minimum atomic E-state index is -0.779. The van der Waals surface area contributed by atoms with Crippen LogP contribution in [-0.4, -0.2) is 36.3 Å². The minimum Gasteiger partial charge on any atom is -0.481 e. The standard InChI is InChI=1S/C11H11N5O2/c17-10(18)11(3-4-11)7-16-9(13-14-15-16)8-1-5-12-6-2-8/h1-2,5-6H,3-4,7H2,(H,17,18). The Bertz CT molecular complexity index is 576. The molecule has 1 fully saturated rings. The molecule has 0 aliphatic heterocycles. The van der Waals surface area contributed by atoms with E-state index in [1.54, 1.807) is 29.2 Å². The molecule has 2 heterocycles. The maximum absolute atomic E-state index is 11.2. The molecular weight excluding hydrogens is 234 g/mol. The summed E-state index contributed by atoms with van der Waals surface area (Å²) >= 11 is 0. The smallest absolute Gasteiger partial charge is 0.311 e. The third-order valence-corrected chi connectivity index (χ3v) is 3.23. The highest BCUT2D eigenvalue weighted by Crippen LogP contribution is 2.47. The number of hydrogen-bond acceptors (Lipinski definition) is 5. The Morgan fingerprint density at radius 1 is 1.39 bits per heavy atom. The lowest BCUT2D eigenvalue weighted by Gasteiger charge is -2.10. The van der Waals surface area contributed by atoms with Gasteiger partial charge in [0.15, 0.2) is 5.82 Å². The average molecular weight is 245 g/mol. The van der Waals surface area contributed by atoms with Crippen molar-refractivity contribution in [2.45, 2.75) is 19.4 Å². The third-order valence-electron chi connectivity index (χ3n) is 3.23. The van der Waals surface area contributed by atoms with Crippen LogP contribution >= 0.6 is 0 Å². The van der Waals surface area contributed by atoms with E-state index in [1.165, 1.54) is 0 Å². The van der Waals surface area contributed by atoms with Crippen LogP contribution in [-0.2, 0) is 11.3 Å². The Morgan fingerprint density at radius 3 is 2.72 bits per heavy atom. The van der Waals surface area contributed by atoms with Gasteiger partial charge in [-0.1, -0.05) is 0 Å². The van der Waals surface area contributed by atoms with Crippen molar-refractivity contribution < 1.29 is 9.90 Å². The van der Waals surface area contributed by atoms with Gasteiger partial charge in [0.1, 0.15) is 0 Å². The lowest BCUT2D eigenvalue weighted by Crippen LogP contribution is -2.22. The maximum atomic E-state index is 11.2. The molecule has 1 aliphatic carbocycles. The van der Waals surface area contributed by atoms with E-state index < -0.39 is 11.4 Å². The summed E-state index contributed by atoms with van der Waals surface area (Å²) in [4.78, 5) is 15.1. The minimum absolute atomic E-state index is 0.312. The van der Waals surface area contributed by atoms with Crippen LogP contribution in [0.3, 0.4) is 0 Å². The number of hydrogen-bond donors (Lipinski definition) is 1. The van der Waals surface area contributed by atoms with Gasteiger partial charge in [0.25, 0.3) is 0 Å². The first kappa shape index (κ1) is 10.8. The molecule has 0 saturated heterocycles. The van der Waals surface area contributed by atoms with Gasteiger partial charge in [0.05, 0.1) is 12.0 Å². The molecule has 1 saturated carbocycles. The van der Waals surface area contributed by atoms with E-state index in [4.69, 9.17) is 0 Å². The summed E-state index contributed by atoms with van der Waals surface area (Å²) < 4.78 is 1.55. The maximum Gasteiger partial charge on any atom is 0.311 e. The number of nitrogens with zero attached hydrogens (tertiary/aromatic N) is 5. The van der Waals surface area contributed by atoms with Gasteiger partial charge in [-0.3, -0.25) is 9.78 Å². The van der Waals surface area contributed by atoms with Crippen molar-refractivity contribution in [1.82, 2.24) is 25.2 Å². The molecule has 92 valence electrons. The molecule has 18 heavy (non-hydrogen) atoms. The van der Waals surface area contributed by atoms with E-state index in [-0.39, 0.29) is 0 Å². The van der Waals surface area contributed by atoms with E-state index in [1.807, 2.05) is 0 Å². The van der Waals surface area contributed by atoms with E-state index in [9.17, 15) is 9.90 Å². The molecule has 2 aromatic rings. The van der Waals surface area contributed by atoms with Gasteiger partial charge in [-0.05, 0) is 35.4 Å². The summed E-state index contributed by atoms with van der Waals surface area (Å²) in [6.45, 7) is 0.312. The lowest BCUT2D eigenvalue weighted by molar-refractivity contribution is -0.144. The molecule has 7 heteroatoms. The molecule has 0 aromatic carbocycles. The summed E-state index contributed by atoms with van der Waals surface area (Å²) in [7, 11) is 0. The predicted molar refractivity (Wildman–Crippen MR) is 60.4 cm³/mol. The Balaban J connectivity index is 1.91.